The van der Waals surface area contributed by atoms with E-state index in [1.54, 1.807) is 82.6 Å². The van der Waals surface area contributed by atoms with Gasteiger partial charge in [0.15, 0.2) is 12.6 Å². The summed E-state index contributed by atoms with van der Waals surface area (Å²) in [6, 6.07) is 48.9. The van der Waals surface area contributed by atoms with Crippen molar-refractivity contribution in [3.8, 4) is 28.2 Å². The molecule has 3 aliphatic rings. The summed E-state index contributed by atoms with van der Waals surface area (Å²) in [5.74, 6) is -0.627. The van der Waals surface area contributed by atoms with Gasteiger partial charge in [0.25, 0.3) is 17.7 Å². The highest BCUT2D eigenvalue weighted by Gasteiger charge is 2.35. The average molecular weight is 838 g/mol. The third kappa shape index (κ3) is 7.57. The molecule has 0 spiro atoms. The smallest absolute Gasteiger partial charge is 0.254 e. The Morgan fingerprint density at radius 2 is 1.23 bits per heavy atom. The molecule has 0 atom stereocenters. The van der Waals surface area contributed by atoms with E-state index in [9.17, 15) is 24.3 Å². The quantitative estimate of drug-likeness (QED) is 0.114. The van der Waals surface area contributed by atoms with E-state index in [1.165, 1.54) is 18.2 Å². The Bertz CT molecular complexity index is 3010. The molecule has 1 aliphatic carbocycles. The van der Waals surface area contributed by atoms with Crippen LogP contribution in [0.2, 0.25) is 0 Å². The Morgan fingerprint density at radius 1 is 0.613 bits per heavy atom. The van der Waals surface area contributed by atoms with Gasteiger partial charge in [0, 0.05) is 88.4 Å². The lowest BCUT2D eigenvalue weighted by atomic mass is 9.90. The molecule has 10 nitrogen and oxygen atoms in total. The second-order valence-electron chi connectivity index (χ2n) is 15.1. The van der Waals surface area contributed by atoms with Gasteiger partial charge in [-0.1, -0.05) is 109 Å². The number of nitrogens with zero attached hydrogens (tertiary/aromatic N) is 2. The molecule has 9 rings (SSSR count). The van der Waals surface area contributed by atoms with Gasteiger partial charge in [0.1, 0.15) is 17.1 Å². The van der Waals surface area contributed by atoms with Crippen molar-refractivity contribution >= 4 is 51.7 Å². The topological polar surface area (TPSA) is 137 Å². The van der Waals surface area contributed by atoms with Crippen LogP contribution < -0.4 is 26.7 Å². The van der Waals surface area contributed by atoms with Gasteiger partial charge in [-0.05, 0) is 59.7 Å². The Labute approximate surface area is 357 Å². The first-order valence-corrected chi connectivity index (χ1v) is 22.0. The second-order valence-corrected chi connectivity index (χ2v) is 17.9. The van der Waals surface area contributed by atoms with Crippen molar-refractivity contribution in [2.75, 3.05) is 26.2 Å². The third-order valence-corrected chi connectivity index (χ3v) is 14.4. The minimum absolute atomic E-state index is 0.000455. The predicted molar refractivity (Wildman–Crippen MR) is 241 cm³/mol. The number of rotatable bonds is 9. The van der Waals surface area contributed by atoms with Crippen LogP contribution in [0.15, 0.2) is 179 Å². The Balaban J connectivity index is 1.02. The first kappa shape index (κ1) is 39.9. The Hall–Kier alpha value is -7.55. The van der Waals surface area contributed by atoms with Gasteiger partial charge >= 0.3 is 0 Å². The molecule has 3 amide bonds. The molecule has 6 aromatic carbocycles. The number of hydrogen-bond acceptors (Lipinski definition) is 7. The number of aromatic hydroxyl groups is 1. The standard InChI is InChI=1S/C51H40N3O7P/c55-36-21-24-42-45(31-36)61-46-32-37(56)22-25-43(46)48(42)40-18-10-11-19-41(40)51(59)54-28-26-53(27-29-54)50(58)35-20-23-44(49(57)52-33-34-12-4-1-5-13-34)47(30-35)62(60,38-14-6-2-7-15-38)39-16-8-3-9-17-39/h1-25,30-32,55H,26-29,33H2,(H,52,57). The predicted octanol–water partition coefficient (Wildman–Crippen LogP) is 7.44. The van der Waals surface area contributed by atoms with Crippen LogP contribution in [0.4, 0.5) is 0 Å². The van der Waals surface area contributed by atoms with Crippen molar-refractivity contribution in [1.29, 1.82) is 0 Å². The van der Waals surface area contributed by atoms with E-state index in [2.05, 4.69) is 5.32 Å². The summed E-state index contributed by atoms with van der Waals surface area (Å²) in [6.07, 6.45) is 0. The van der Waals surface area contributed by atoms with Gasteiger partial charge in [-0.25, -0.2) is 0 Å². The molecule has 0 aromatic heterocycles. The number of benzene rings is 7. The van der Waals surface area contributed by atoms with E-state index in [0.717, 1.165) is 5.56 Å². The van der Waals surface area contributed by atoms with Crippen LogP contribution in [0.25, 0.3) is 33.4 Å². The summed E-state index contributed by atoms with van der Waals surface area (Å²) >= 11 is 0. The van der Waals surface area contributed by atoms with Crippen molar-refractivity contribution in [2.24, 2.45) is 0 Å². The highest BCUT2D eigenvalue weighted by atomic mass is 31.2. The molecule has 1 saturated heterocycles. The molecule has 62 heavy (non-hydrogen) atoms. The summed E-state index contributed by atoms with van der Waals surface area (Å²) in [6.45, 7) is 1.22. The Kier molecular flexibility index (Phi) is 10.8. The minimum atomic E-state index is -3.71. The molecule has 6 aromatic rings. The van der Waals surface area contributed by atoms with Gasteiger partial charge in [0.2, 0.25) is 0 Å². The SMILES string of the molecule is O=C(NCc1ccccc1)c1ccc(C(=O)N2CCN(C(=O)c3ccccc3-c3c4ccc(=O)cc-4oc4cc(O)ccc34)CC2)cc1P(=O)(c1ccccc1)c1ccccc1. The van der Waals surface area contributed by atoms with Crippen LogP contribution in [0.5, 0.6) is 5.75 Å². The van der Waals surface area contributed by atoms with Gasteiger partial charge in [0.05, 0.1) is 5.56 Å². The molecule has 0 radical (unpaired) electrons. The highest BCUT2D eigenvalue weighted by molar-refractivity contribution is 7.85. The number of nitrogens with one attached hydrogen (secondary N) is 1. The van der Waals surface area contributed by atoms with Crippen LogP contribution in [0.1, 0.15) is 36.6 Å². The first-order valence-electron chi connectivity index (χ1n) is 20.2. The normalized spacial score (nSPS) is 13.0. The maximum Gasteiger partial charge on any atom is 0.254 e. The number of phenols is 1. The monoisotopic (exact) mass is 837 g/mol. The molecule has 11 heteroatoms. The van der Waals surface area contributed by atoms with Crippen LogP contribution in [0, 0.1) is 0 Å². The fraction of sp³-hybridized carbons (Fsp3) is 0.0980. The molecule has 2 heterocycles. The van der Waals surface area contributed by atoms with E-state index in [0.29, 0.717) is 49.6 Å². The summed E-state index contributed by atoms with van der Waals surface area (Å²) < 4.78 is 21.8. The number of carbonyl (C=O) groups excluding carboxylic acids is 3. The maximum absolute atomic E-state index is 15.7. The van der Waals surface area contributed by atoms with Gasteiger partial charge in [-0.3, -0.25) is 19.2 Å². The van der Waals surface area contributed by atoms with Gasteiger partial charge in [-0.15, -0.1) is 0 Å². The fourth-order valence-corrected chi connectivity index (χ4v) is 11.1. The number of amides is 3. The lowest BCUT2D eigenvalue weighted by Crippen LogP contribution is -2.50. The van der Waals surface area contributed by atoms with E-state index in [1.807, 2.05) is 78.9 Å². The zero-order valence-corrected chi connectivity index (χ0v) is 34.3. The molecular weight excluding hydrogens is 798 g/mol. The van der Waals surface area contributed by atoms with Gasteiger partial charge in [-0.2, -0.15) is 0 Å². The van der Waals surface area contributed by atoms with E-state index >= 15 is 4.57 Å². The summed E-state index contributed by atoms with van der Waals surface area (Å²) in [5.41, 5.74) is 3.91. The third-order valence-electron chi connectivity index (χ3n) is 11.3. The van der Waals surface area contributed by atoms with Crippen LogP contribution in [0.3, 0.4) is 0 Å². The molecular formula is C51H40N3O7P. The molecule has 0 saturated carbocycles. The number of piperazine rings is 1. The van der Waals surface area contributed by atoms with Gasteiger partial charge < -0.3 is 29.2 Å². The van der Waals surface area contributed by atoms with Crippen LogP contribution >= 0.6 is 7.14 Å². The fourth-order valence-electron chi connectivity index (χ4n) is 8.20. The molecule has 1 fully saturated rings. The maximum atomic E-state index is 15.7. The molecule has 2 N–H and O–H groups in total. The summed E-state index contributed by atoms with van der Waals surface area (Å²) in [5, 5.41) is 15.2. The molecule has 0 unspecified atom stereocenters. The largest absolute Gasteiger partial charge is 0.508 e. The zero-order chi connectivity index (χ0) is 42.8. The van der Waals surface area contributed by atoms with Crippen molar-refractivity contribution in [1.82, 2.24) is 15.1 Å². The van der Waals surface area contributed by atoms with Crippen LogP contribution in [-0.2, 0) is 11.1 Å². The number of phenolic OH excluding ortho intramolecular Hbond substituents is 1. The molecule has 2 aliphatic heterocycles. The molecule has 0 bridgehead atoms. The number of fused-ring (bicyclic) bond motifs is 2. The van der Waals surface area contributed by atoms with Crippen LogP contribution in [-0.4, -0.2) is 58.8 Å². The van der Waals surface area contributed by atoms with E-state index in [-0.39, 0.29) is 72.1 Å². The lowest BCUT2D eigenvalue weighted by molar-refractivity contribution is 0.0536. The van der Waals surface area contributed by atoms with Crippen molar-refractivity contribution in [2.45, 2.75) is 6.54 Å². The first-order chi connectivity index (χ1) is 30.2. The Morgan fingerprint density at radius 3 is 1.90 bits per heavy atom. The average Bonchev–Trinajstić information content (AvgIpc) is 3.32. The van der Waals surface area contributed by atoms with Crippen molar-refractivity contribution < 1.29 is 28.5 Å². The highest BCUT2D eigenvalue weighted by Crippen LogP contribution is 2.44. The molecule has 306 valence electrons. The zero-order valence-electron chi connectivity index (χ0n) is 33.4. The minimum Gasteiger partial charge on any atom is -0.508 e. The number of carbonyl (C=O) groups is 3. The summed E-state index contributed by atoms with van der Waals surface area (Å²) in [4.78, 5) is 58.6. The van der Waals surface area contributed by atoms with Crippen molar-refractivity contribution in [3.63, 3.8) is 0 Å². The second kappa shape index (κ2) is 16.8. The lowest BCUT2D eigenvalue weighted by Gasteiger charge is -2.35. The van der Waals surface area contributed by atoms with Crippen molar-refractivity contribution in [3.05, 3.63) is 202 Å². The van der Waals surface area contributed by atoms with E-state index in [4.69, 9.17) is 4.42 Å². The number of hydrogen-bond donors (Lipinski definition) is 2. The summed E-state index contributed by atoms with van der Waals surface area (Å²) in [7, 11) is -3.71. The van der Waals surface area contributed by atoms with E-state index < -0.39 is 13.0 Å².